The number of hydrogen-bond acceptors (Lipinski definition) is 7. The van der Waals surface area contributed by atoms with Crippen LogP contribution < -0.4 is 11.1 Å². The molecule has 4 rings (SSSR count). The number of carbonyl (C=O) groups is 3. The third kappa shape index (κ3) is 9.67. The lowest BCUT2D eigenvalue weighted by Crippen LogP contribution is -2.50. The number of likely N-dealkylation sites (tertiary alicyclic amines) is 1. The van der Waals surface area contributed by atoms with E-state index in [9.17, 15) is 14.4 Å². The summed E-state index contributed by atoms with van der Waals surface area (Å²) in [4.78, 5) is 38.0. The molecule has 4 saturated heterocycles. The number of primary amides is 1. The summed E-state index contributed by atoms with van der Waals surface area (Å²) in [6.45, 7) is 10.1. The van der Waals surface area contributed by atoms with Gasteiger partial charge in [-0.2, -0.15) is 0 Å². The van der Waals surface area contributed by atoms with Gasteiger partial charge in [0.05, 0.1) is 49.1 Å². The van der Waals surface area contributed by atoms with Crippen LogP contribution in [0.2, 0.25) is 0 Å². The standard InChI is InChI=1S/C32H49N3O7/c1-21(8-11-25-18-32(20-39-32)19-26(42-25)17-29(33)36)9-12-28-22(2)16-27(24(4)41-28)34-30(37)13-10-23(3)40-31(38)35-14-6-5-7-15-35/h8-11,13,22-28H,5-7,12,14-20H2,1-4H3,(H2,33,36)(H,34,37)/b11-8+,13-10?,21-9+/t22-,23?,24+,25+,26+,27+,28-,32+/m0/s1. The van der Waals surface area contributed by atoms with E-state index in [0.29, 0.717) is 6.61 Å². The van der Waals surface area contributed by atoms with Crippen molar-refractivity contribution < 1.29 is 33.3 Å². The molecule has 42 heavy (non-hydrogen) atoms. The van der Waals surface area contributed by atoms with Crippen molar-refractivity contribution in [2.45, 2.75) is 121 Å². The highest BCUT2D eigenvalue weighted by atomic mass is 16.6. The molecule has 0 bridgehead atoms. The van der Waals surface area contributed by atoms with Crippen molar-refractivity contribution in [3.05, 3.63) is 36.0 Å². The van der Waals surface area contributed by atoms with Crippen LogP contribution >= 0.6 is 0 Å². The second kappa shape index (κ2) is 14.7. The zero-order chi connectivity index (χ0) is 30.3. The monoisotopic (exact) mass is 587 g/mol. The van der Waals surface area contributed by atoms with Gasteiger partial charge in [-0.15, -0.1) is 0 Å². The molecule has 10 heteroatoms. The smallest absolute Gasteiger partial charge is 0.410 e. The number of nitrogens with one attached hydrogen (secondary N) is 1. The Balaban J connectivity index is 1.19. The minimum atomic E-state index is -0.484. The molecular weight excluding hydrogens is 538 g/mol. The van der Waals surface area contributed by atoms with Crippen LogP contribution in [0.25, 0.3) is 0 Å². The number of piperidine rings is 1. The molecule has 4 aliphatic rings. The quantitative estimate of drug-likeness (QED) is 0.225. The molecular formula is C32H49N3O7. The van der Waals surface area contributed by atoms with Crippen molar-refractivity contribution in [3.8, 4) is 0 Å². The van der Waals surface area contributed by atoms with Crippen molar-refractivity contribution in [1.29, 1.82) is 0 Å². The molecule has 0 aliphatic carbocycles. The van der Waals surface area contributed by atoms with Gasteiger partial charge in [0, 0.05) is 32.0 Å². The summed E-state index contributed by atoms with van der Waals surface area (Å²) in [6, 6.07) is -0.0988. The predicted molar refractivity (Wildman–Crippen MR) is 158 cm³/mol. The lowest BCUT2D eigenvalue weighted by atomic mass is 9.88. The summed E-state index contributed by atoms with van der Waals surface area (Å²) in [6.07, 6.45) is 14.6. The molecule has 0 radical (unpaired) electrons. The molecule has 1 spiro atoms. The SMILES string of the molecule is CC(/C=C/[C@@H]1C[C@]2(CO2)C[C@@H](CC(N)=O)O1)=C\C[C@@H]1O[C@H](C)[C@H](NC(=O)C=CC(C)OC(=O)N2CCCCC2)C[C@@H]1C. The van der Waals surface area contributed by atoms with Gasteiger partial charge in [0.25, 0.3) is 0 Å². The van der Waals surface area contributed by atoms with E-state index in [1.165, 1.54) is 6.08 Å². The molecule has 0 aromatic rings. The fourth-order valence-corrected chi connectivity index (χ4v) is 6.15. The second-order valence-corrected chi connectivity index (χ2v) is 12.6. The van der Waals surface area contributed by atoms with Crippen LogP contribution in [-0.4, -0.2) is 84.7 Å². The van der Waals surface area contributed by atoms with Gasteiger partial charge in [0.2, 0.25) is 11.8 Å². The number of ether oxygens (including phenoxy) is 4. The Morgan fingerprint density at radius 3 is 2.55 bits per heavy atom. The zero-order valence-corrected chi connectivity index (χ0v) is 25.6. The Kier molecular flexibility index (Phi) is 11.3. The number of hydrogen-bond donors (Lipinski definition) is 2. The normalized spacial score (nSPS) is 34.5. The van der Waals surface area contributed by atoms with E-state index in [-0.39, 0.29) is 66.3 Å². The minimum absolute atomic E-state index is 0.0512. The number of epoxide rings is 1. The van der Waals surface area contributed by atoms with E-state index in [1.807, 2.05) is 13.0 Å². The van der Waals surface area contributed by atoms with Gasteiger partial charge in [-0.05, 0) is 64.9 Å². The maximum Gasteiger partial charge on any atom is 0.410 e. The number of rotatable bonds is 10. The van der Waals surface area contributed by atoms with E-state index in [1.54, 1.807) is 17.9 Å². The van der Waals surface area contributed by atoms with Crippen LogP contribution in [0.5, 0.6) is 0 Å². The highest BCUT2D eigenvalue weighted by Gasteiger charge is 2.51. The number of amides is 3. The third-order valence-corrected chi connectivity index (χ3v) is 8.73. The van der Waals surface area contributed by atoms with E-state index in [2.05, 4.69) is 31.3 Å². The van der Waals surface area contributed by atoms with Crippen molar-refractivity contribution in [2.24, 2.45) is 11.7 Å². The molecule has 4 fully saturated rings. The first-order valence-corrected chi connectivity index (χ1v) is 15.5. The largest absolute Gasteiger partial charge is 0.442 e. The predicted octanol–water partition coefficient (Wildman–Crippen LogP) is 3.94. The van der Waals surface area contributed by atoms with Crippen molar-refractivity contribution in [1.82, 2.24) is 10.2 Å². The highest BCUT2D eigenvalue weighted by molar-refractivity contribution is 5.87. The number of nitrogens with two attached hydrogens (primary N) is 1. The molecule has 3 amide bonds. The van der Waals surface area contributed by atoms with Gasteiger partial charge in [-0.3, -0.25) is 9.59 Å². The Labute approximate surface area is 250 Å². The summed E-state index contributed by atoms with van der Waals surface area (Å²) in [7, 11) is 0. The Morgan fingerprint density at radius 2 is 1.86 bits per heavy atom. The van der Waals surface area contributed by atoms with Gasteiger partial charge in [-0.1, -0.05) is 30.7 Å². The van der Waals surface area contributed by atoms with Gasteiger partial charge < -0.3 is 34.9 Å². The lowest BCUT2D eigenvalue weighted by Gasteiger charge is -2.39. The highest BCUT2D eigenvalue weighted by Crippen LogP contribution is 2.43. The van der Waals surface area contributed by atoms with Crippen LogP contribution in [-0.2, 0) is 28.5 Å². The maximum absolute atomic E-state index is 12.6. The first kappa shape index (κ1) is 32.2. The van der Waals surface area contributed by atoms with E-state index in [0.717, 1.165) is 63.6 Å². The molecule has 234 valence electrons. The zero-order valence-electron chi connectivity index (χ0n) is 25.6. The average molecular weight is 588 g/mol. The van der Waals surface area contributed by atoms with Crippen LogP contribution in [0, 0.1) is 5.92 Å². The average Bonchev–Trinajstić information content (AvgIpc) is 3.69. The van der Waals surface area contributed by atoms with Gasteiger partial charge in [0.1, 0.15) is 6.10 Å². The fourth-order valence-electron chi connectivity index (χ4n) is 6.15. The van der Waals surface area contributed by atoms with Gasteiger partial charge >= 0.3 is 6.09 Å². The van der Waals surface area contributed by atoms with Crippen LogP contribution in [0.4, 0.5) is 4.79 Å². The van der Waals surface area contributed by atoms with Crippen LogP contribution in [0.1, 0.15) is 79.1 Å². The van der Waals surface area contributed by atoms with Crippen LogP contribution in [0.3, 0.4) is 0 Å². The van der Waals surface area contributed by atoms with Crippen molar-refractivity contribution in [2.75, 3.05) is 19.7 Å². The third-order valence-electron chi connectivity index (χ3n) is 8.73. The molecule has 1 unspecified atom stereocenters. The molecule has 3 N–H and O–H groups in total. The summed E-state index contributed by atoms with van der Waals surface area (Å²) in [5, 5.41) is 3.06. The second-order valence-electron chi connectivity index (χ2n) is 12.6. The van der Waals surface area contributed by atoms with Crippen molar-refractivity contribution in [3.63, 3.8) is 0 Å². The first-order valence-electron chi connectivity index (χ1n) is 15.5. The van der Waals surface area contributed by atoms with E-state index < -0.39 is 6.10 Å². The van der Waals surface area contributed by atoms with E-state index in [4.69, 9.17) is 24.7 Å². The molecule has 0 saturated carbocycles. The fraction of sp³-hybridized carbons (Fsp3) is 0.719. The van der Waals surface area contributed by atoms with Crippen molar-refractivity contribution >= 4 is 17.9 Å². The molecule has 4 heterocycles. The minimum Gasteiger partial charge on any atom is -0.442 e. The molecule has 0 aromatic carbocycles. The van der Waals surface area contributed by atoms with Gasteiger partial charge in [0.15, 0.2) is 0 Å². The Hall–Kier alpha value is -2.69. The Bertz CT molecular complexity index is 1050. The summed E-state index contributed by atoms with van der Waals surface area (Å²) in [5.41, 5.74) is 6.34. The molecule has 8 atom stereocenters. The summed E-state index contributed by atoms with van der Waals surface area (Å²) < 4.78 is 23.5. The number of carbonyl (C=O) groups excluding carboxylic acids is 3. The molecule has 0 aromatic heterocycles. The van der Waals surface area contributed by atoms with E-state index >= 15 is 0 Å². The topological polar surface area (TPSA) is 133 Å². The first-order chi connectivity index (χ1) is 20.0. The lowest BCUT2D eigenvalue weighted by molar-refractivity contribution is -0.125. The Morgan fingerprint density at radius 1 is 1.12 bits per heavy atom. The molecule has 4 aliphatic heterocycles. The number of allylic oxidation sites excluding steroid dienone is 2. The molecule has 10 nitrogen and oxygen atoms in total. The van der Waals surface area contributed by atoms with Gasteiger partial charge in [-0.25, -0.2) is 4.79 Å². The maximum atomic E-state index is 12.6. The summed E-state index contributed by atoms with van der Waals surface area (Å²) >= 11 is 0. The number of nitrogens with zero attached hydrogens (tertiary/aromatic N) is 1. The summed E-state index contributed by atoms with van der Waals surface area (Å²) in [5.74, 6) is -0.314. The van der Waals surface area contributed by atoms with Crippen LogP contribution in [0.15, 0.2) is 36.0 Å².